The number of aliphatic carboxylic acids is 1. The van der Waals surface area contributed by atoms with Crippen molar-refractivity contribution in [3.8, 4) is 5.75 Å². The van der Waals surface area contributed by atoms with Gasteiger partial charge in [-0.05, 0) is 49.9 Å². The monoisotopic (exact) mass is 291 g/mol. The van der Waals surface area contributed by atoms with Crippen molar-refractivity contribution in [1.82, 2.24) is 4.90 Å². The fourth-order valence-electron chi connectivity index (χ4n) is 2.45. The van der Waals surface area contributed by atoms with Crippen LogP contribution in [0.5, 0.6) is 5.75 Å². The molecule has 1 heterocycles. The van der Waals surface area contributed by atoms with Gasteiger partial charge < -0.3 is 14.7 Å². The molecule has 2 rings (SSSR count). The first kappa shape index (κ1) is 15.4. The van der Waals surface area contributed by atoms with Crippen molar-refractivity contribution in [3.05, 3.63) is 29.3 Å². The molecule has 0 spiro atoms. The predicted molar refractivity (Wildman–Crippen MR) is 78.4 cm³/mol. The summed E-state index contributed by atoms with van der Waals surface area (Å²) in [5.74, 6) is -0.774. The standard InChI is InChI=1S/C16H21NO4/c1-11-5-6-14(8-12(11)2)21-10-15(18)17-7-3-4-13(9-17)16(19)20/h5-6,8,13H,3-4,7,9-10H2,1-2H3,(H,19,20). The minimum absolute atomic E-state index is 0.0468. The molecule has 1 unspecified atom stereocenters. The van der Waals surface area contributed by atoms with Gasteiger partial charge in [0.25, 0.3) is 5.91 Å². The quantitative estimate of drug-likeness (QED) is 0.921. The highest BCUT2D eigenvalue weighted by molar-refractivity contribution is 5.79. The summed E-state index contributed by atoms with van der Waals surface area (Å²) in [4.78, 5) is 24.7. The zero-order chi connectivity index (χ0) is 15.4. The molecule has 0 radical (unpaired) electrons. The fraction of sp³-hybridized carbons (Fsp3) is 0.500. The highest BCUT2D eigenvalue weighted by atomic mass is 16.5. The molecule has 1 amide bonds. The summed E-state index contributed by atoms with van der Waals surface area (Å²) in [5.41, 5.74) is 2.29. The van der Waals surface area contributed by atoms with E-state index in [2.05, 4.69) is 0 Å². The van der Waals surface area contributed by atoms with Crippen molar-refractivity contribution in [1.29, 1.82) is 0 Å². The second-order valence-electron chi connectivity index (χ2n) is 5.55. The number of ether oxygens (including phenoxy) is 1. The van der Waals surface area contributed by atoms with Crippen LogP contribution in [0.4, 0.5) is 0 Å². The predicted octanol–water partition coefficient (Wildman–Crippen LogP) is 2.01. The van der Waals surface area contributed by atoms with Gasteiger partial charge in [-0.15, -0.1) is 0 Å². The second kappa shape index (κ2) is 6.61. The zero-order valence-electron chi connectivity index (χ0n) is 12.5. The van der Waals surface area contributed by atoms with Crippen LogP contribution >= 0.6 is 0 Å². The van der Waals surface area contributed by atoms with E-state index >= 15 is 0 Å². The van der Waals surface area contributed by atoms with E-state index in [1.165, 1.54) is 5.56 Å². The lowest BCUT2D eigenvalue weighted by molar-refractivity contribution is -0.146. The molecule has 5 nitrogen and oxygen atoms in total. The number of carbonyl (C=O) groups is 2. The number of nitrogens with zero attached hydrogens (tertiary/aromatic N) is 1. The van der Waals surface area contributed by atoms with E-state index < -0.39 is 11.9 Å². The van der Waals surface area contributed by atoms with Crippen molar-refractivity contribution in [3.63, 3.8) is 0 Å². The number of hydrogen-bond donors (Lipinski definition) is 1. The Balaban J connectivity index is 1.89. The first-order chi connectivity index (χ1) is 9.97. The van der Waals surface area contributed by atoms with Gasteiger partial charge in [0.2, 0.25) is 0 Å². The largest absolute Gasteiger partial charge is 0.484 e. The van der Waals surface area contributed by atoms with Crippen LogP contribution < -0.4 is 4.74 Å². The third-order valence-corrected chi connectivity index (χ3v) is 3.96. The minimum atomic E-state index is -0.831. The average Bonchev–Trinajstić information content (AvgIpc) is 2.48. The lowest BCUT2D eigenvalue weighted by atomic mass is 9.98. The molecule has 0 bridgehead atoms. The normalized spacial score (nSPS) is 18.4. The number of aryl methyl sites for hydroxylation is 2. The third kappa shape index (κ3) is 3.97. The molecule has 1 fully saturated rings. The number of hydrogen-bond acceptors (Lipinski definition) is 3. The van der Waals surface area contributed by atoms with E-state index in [0.29, 0.717) is 18.7 Å². The molecule has 1 atom stereocenters. The molecule has 1 saturated heterocycles. The van der Waals surface area contributed by atoms with Crippen LogP contribution in [0.15, 0.2) is 18.2 Å². The van der Waals surface area contributed by atoms with E-state index in [1.54, 1.807) is 4.90 Å². The first-order valence-electron chi connectivity index (χ1n) is 7.18. The smallest absolute Gasteiger partial charge is 0.308 e. The molecule has 1 aliphatic heterocycles. The minimum Gasteiger partial charge on any atom is -0.484 e. The van der Waals surface area contributed by atoms with Crippen molar-refractivity contribution < 1.29 is 19.4 Å². The number of benzene rings is 1. The SMILES string of the molecule is Cc1ccc(OCC(=O)N2CCCC(C(=O)O)C2)cc1C. The Labute approximate surface area is 124 Å². The molecular formula is C16H21NO4. The highest BCUT2D eigenvalue weighted by Crippen LogP contribution is 2.18. The van der Waals surface area contributed by atoms with Gasteiger partial charge in [0.05, 0.1) is 5.92 Å². The third-order valence-electron chi connectivity index (χ3n) is 3.96. The number of carboxylic acids is 1. The lowest BCUT2D eigenvalue weighted by Crippen LogP contribution is -2.44. The Kier molecular flexibility index (Phi) is 4.83. The molecule has 21 heavy (non-hydrogen) atoms. The number of carboxylic acid groups (broad SMARTS) is 1. The summed E-state index contributed by atoms with van der Waals surface area (Å²) in [6, 6.07) is 5.70. The molecule has 114 valence electrons. The van der Waals surface area contributed by atoms with Crippen molar-refractivity contribution in [2.24, 2.45) is 5.92 Å². The van der Waals surface area contributed by atoms with Gasteiger partial charge >= 0.3 is 5.97 Å². The van der Waals surface area contributed by atoms with Crippen LogP contribution in [0.25, 0.3) is 0 Å². The van der Waals surface area contributed by atoms with Crippen LogP contribution in [0, 0.1) is 19.8 Å². The van der Waals surface area contributed by atoms with E-state index in [9.17, 15) is 9.59 Å². The van der Waals surface area contributed by atoms with Crippen molar-refractivity contribution in [2.75, 3.05) is 19.7 Å². The summed E-state index contributed by atoms with van der Waals surface area (Å²) < 4.78 is 5.51. The molecule has 1 aliphatic rings. The molecule has 0 aliphatic carbocycles. The number of likely N-dealkylation sites (tertiary alicyclic amines) is 1. The molecule has 1 N–H and O–H groups in total. The fourth-order valence-corrected chi connectivity index (χ4v) is 2.45. The Morgan fingerprint density at radius 3 is 2.76 bits per heavy atom. The van der Waals surface area contributed by atoms with E-state index in [4.69, 9.17) is 9.84 Å². The summed E-state index contributed by atoms with van der Waals surface area (Å²) in [6.45, 7) is 4.86. The van der Waals surface area contributed by atoms with Gasteiger partial charge in [0, 0.05) is 13.1 Å². The molecule has 1 aromatic carbocycles. The van der Waals surface area contributed by atoms with Gasteiger partial charge in [0.1, 0.15) is 5.75 Å². The van der Waals surface area contributed by atoms with Crippen LogP contribution in [-0.2, 0) is 9.59 Å². The van der Waals surface area contributed by atoms with Crippen LogP contribution in [-0.4, -0.2) is 41.6 Å². The summed E-state index contributed by atoms with van der Waals surface area (Å²) in [7, 11) is 0. The van der Waals surface area contributed by atoms with Gasteiger partial charge in [-0.2, -0.15) is 0 Å². The van der Waals surface area contributed by atoms with Crippen LogP contribution in [0.1, 0.15) is 24.0 Å². The maximum atomic E-state index is 12.1. The highest BCUT2D eigenvalue weighted by Gasteiger charge is 2.28. The van der Waals surface area contributed by atoms with E-state index in [1.807, 2.05) is 32.0 Å². The van der Waals surface area contributed by atoms with Crippen molar-refractivity contribution >= 4 is 11.9 Å². The molecule has 5 heteroatoms. The maximum absolute atomic E-state index is 12.1. The second-order valence-corrected chi connectivity index (χ2v) is 5.55. The lowest BCUT2D eigenvalue weighted by Gasteiger charge is -2.30. The van der Waals surface area contributed by atoms with Gasteiger partial charge in [-0.25, -0.2) is 0 Å². The average molecular weight is 291 g/mol. The van der Waals surface area contributed by atoms with E-state index in [0.717, 1.165) is 12.0 Å². The van der Waals surface area contributed by atoms with E-state index in [-0.39, 0.29) is 19.1 Å². The molecule has 1 aromatic rings. The summed E-state index contributed by atoms with van der Waals surface area (Å²) in [5, 5.41) is 9.03. The van der Waals surface area contributed by atoms with Crippen LogP contribution in [0.2, 0.25) is 0 Å². The maximum Gasteiger partial charge on any atom is 0.308 e. The van der Waals surface area contributed by atoms with Gasteiger partial charge in [-0.3, -0.25) is 9.59 Å². The Bertz CT molecular complexity index is 541. The summed E-state index contributed by atoms with van der Waals surface area (Å²) in [6.07, 6.45) is 1.36. The Morgan fingerprint density at radius 2 is 2.10 bits per heavy atom. The Morgan fingerprint density at radius 1 is 1.33 bits per heavy atom. The van der Waals surface area contributed by atoms with Crippen LogP contribution in [0.3, 0.4) is 0 Å². The van der Waals surface area contributed by atoms with Crippen molar-refractivity contribution in [2.45, 2.75) is 26.7 Å². The molecular weight excluding hydrogens is 270 g/mol. The molecule has 0 aromatic heterocycles. The Hall–Kier alpha value is -2.04. The summed E-state index contributed by atoms with van der Waals surface area (Å²) >= 11 is 0. The number of amides is 1. The number of carbonyl (C=O) groups excluding carboxylic acids is 1. The zero-order valence-corrected chi connectivity index (χ0v) is 12.5. The van der Waals surface area contributed by atoms with Gasteiger partial charge in [-0.1, -0.05) is 6.07 Å². The number of rotatable bonds is 4. The topological polar surface area (TPSA) is 66.8 Å². The first-order valence-corrected chi connectivity index (χ1v) is 7.18. The van der Waals surface area contributed by atoms with Gasteiger partial charge in [0.15, 0.2) is 6.61 Å². The molecule has 0 saturated carbocycles. The number of piperidine rings is 1.